The van der Waals surface area contributed by atoms with Gasteiger partial charge in [0.05, 0.1) is 28.1 Å². The monoisotopic (exact) mass is 486 g/mol. The average molecular weight is 487 g/mol. The molecule has 34 heavy (non-hydrogen) atoms. The number of thiophene rings is 1. The highest BCUT2D eigenvalue weighted by molar-refractivity contribution is 7.99. The van der Waals surface area contributed by atoms with Crippen LogP contribution in [0.5, 0.6) is 0 Å². The number of carbonyl (C=O) groups excluding carboxylic acids is 1. The smallest absolute Gasteiger partial charge is 0.253 e. The molecule has 0 bridgehead atoms. The summed E-state index contributed by atoms with van der Waals surface area (Å²) in [5.74, 6) is -0.0139. The number of benzene rings is 2. The standard InChI is InChI=1S/C26H22N4O2S2/c1-17-9-11-19(12-10-17)22-14-21(23-8-5-13-33-23)29-30(22)25(32)16-34-26-27-20(15-24(31)28-26)18-6-3-2-4-7-18/h2-13,15,22H,14,16H2,1H3,(H,27,28,31)/t22-/m0/s1. The molecule has 1 atom stereocenters. The Morgan fingerprint density at radius 1 is 1.12 bits per heavy atom. The second-order valence-electron chi connectivity index (χ2n) is 7.98. The van der Waals surface area contributed by atoms with Crippen LogP contribution in [-0.2, 0) is 4.79 Å². The third kappa shape index (κ3) is 4.88. The van der Waals surface area contributed by atoms with E-state index in [0.29, 0.717) is 17.3 Å². The zero-order valence-electron chi connectivity index (χ0n) is 18.5. The predicted octanol–water partition coefficient (Wildman–Crippen LogP) is 5.28. The summed E-state index contributed by atoms with van der Waals surface area (Å²) < 4.78 is 0. The van der Waals surface area contributed by atoms with Gasteiger partial charge in [-0.25, -0.2) is 9.99 Å². The fourth-order valence-electron chi connectivity index (χ4n) is 3.84. The maximum absolute atomic E-state index is 13.3. The van der Waals surface area contributed by atoms with Crippen molar-refractivity contribution < 1.29 is 4.79 Å². The third-order valence-corrected chi connectivity index (χ3v) is 7.33. The van der Waals surface area contributed by atoms with Crippen LogP contribution in [0.1, 0.15) is 28.5 Å². The summed E-state index contributed by atoms with van der Waals surface area (Å²) in [6, 6.07) is 23.1. The van der Waals surface area contributed by atoms with E-state index in [1.165, 1.54) is 23.4 Å². The molecule has 0 spiro atoms. The summed E-state index contributed by atoms with van der Waals surface area (Å²) in [4.78, 5) is 33.9. The Hall–Kier alpha value is -3.49. The first kappa shape index (κ1) is 22.3. The van der Waals surface area contributed by atoms with Crippen molar-refractivity contribution in [3.05, 3.63) is 105 Å². The molecule has 0 unspecified atom stereocenters. The van der Waals surface area contributed by atoms with Gasteiger partial charge >= 0.3 is 0 Å². The molecule has 0 fully saturated rings. The lowest BCUT2D eigenvalue weighted by Gasteiger charge is -2.22. The van der Waals surface area contributed by atoms with Crippen LogP contribution in [-0.4, -0.2) is 32.3 Å². The van der Waals surface area contributed by atoms with E-state index < -0.39 is 0 Å². The molecule has 5 rings (SSSR count). The maximum Gasteiger partial charge on any atom is 0.253 e. The number of aryl methyl sites for hydroxylation is 1. The average Bonchev–Trinajstić information content (AvgIpc) is 3.54. The number of H-pyrrole nitrogens is 1. The van der Waals surface area contributed by atoms with Crippen molar-refractivity contribution in [2.75, 3.05) is 5.75 Å². The number of nitrogens with zero attached hydrogens (tertiary/aromatic N) is 3. The number of amides is 1. The second kappa shape index (κ2) is 9.79. The van der Waals surface area contributed by atoms with Crippen LogP contribution >= 0.6 is 23.1 Å². The first-order valence-corrected chi connectivity index (χ1v) is 12.7. The summed E-state index contributed by atoms with van der Waals surface area (Å²) in [5.41, 5.74) is 4.32. The molecule has 6 nitrogen and oxygen atoms in total. The van der Waals surface area contributed by atoms with E-state index in [1.54, 1.807) is 16.3 Å². The quantitative estimate of drug-likeness (QED) is 0.297. The van der Waals surface area contributed by atoms with E-state index in [2.05, 4.69) is 34.2 Å². The van der Waals surface area contributed by atoms with E-state index in [4.69, 9.17) is 5.10 Å². The molecule has 170 valence electrons. The van der Waals surface area contributed by atoms with Crippen molar-refractivity contribution in [3.8, 4) is 11.3 Å². The Kier molecular flexibility index (Phi) is 6.42. The lowest BCUT2D eigenvalue weighted by atomic mass is 10.00. The fraction of sp³-hybridized carbons (Fsp3) is 0.154. The van der Waals surface area contributed by atoms with Gasteiger partial charge in [-0.15, -0.1) is 11.3 Å². The molecule has 0 saturated carbocycles. The molecule has 1 N–H and O–H groups in total. The highest BCUT2D eigenvalue weighted by atomic mass is 32.2. The molecule has 1 aliphatic heterocycles. The summed E-state index contributed by atoms with van der Waals surface area (Å²) in [6.07, 6.45) is 0.665. The first-order valence-electron chi connectivity index (χ1n) is 10.9. The lowest BCUT2D eigenvalue weighted by molar-refractivity contribution is -0.130. The molecule has 4 aromatic rings. The van der Waals surface area contributed by atoms with Crippen molar-refractivity contribution >= 4 is 34.7 Å². The van der Waals surface area contributed by atoms with Crippen LogP contribution in [0.25, 0.3) is 11.3 Å². The molecule has 8 heteroatoms. The van der Waals surface area contributed by atoms with Crippen LogP contribution in [0.4, 0.5) is 0 Å². The number of carbonyl (C=O) groups is 1. The third-order valence-electron chi connectivity index (χ3n) is 5.56. The predicted molar refractivity (Wildman–Crippen MR) is 137 cm³/mol. The zero-order chi connectivity index (χ0) is 23.5. The largest absolute Gasteiger partial charge is 0.301 e. The van der Waals surface area contributed by atoms with Crippen LogP contribution in [0.3, 0.4) is 0 Å². The molecule has 3 heterocycles. The minimum Gasteiger partial charge on any atom is -0.301 e. The van der Waals surface area contributed by atoms with E-state index in [0.717, 1.165) is 21.7 Å². The summed E-state index contributed by atoms with van der Waals surface area (Å²) in [7, 11) is 0. The molecule has 0 saturated heterocycles. The molecule has 2 aromatic heterocycles. The molecule has 0 aliphatic carbocycles. The minimum absolute atomic E-state index is 0.116. The van der Waals surface area contributed by atoms with Crippen molar-refractivity contribution in [3.63, 3.8) is 0 Å². The van der Waals surface area contributed by atoms with Crippen molar-refractivity contribution in [2.24, 2.45) is 5.10 Å². The SMILES string of the molecule is Cc1ccc([C@@H]2CC(c3cccs3)=NN2C(=O)CSc2nc(-c3ccccc3)cc(=O)[nH]2)cc1. The number of hydrogen-bond acceptors (Lipinski definition) is 6. The van der Waals surface area contributed by atoms with Gasteiger partial charge < -0.3 is 4.98 Å². The highest BCUT2D eigenvalue weighted by Gasteiger charge is 2.33. The first-order chi connectivity index (χ1) is 16.6. The lowest BCUT2D eigenvalue weighted by Crippen LogP contribution is -2.28. The van der Waals surface area contributed by atoms with Gasteiger partial charge in [-0.05, 0) is 23.9 Å². The van der Waals surface area contributed by atoms with Crippen molar-refractivity contribution in [1.29, 1.82) is 0 Å². The molecule has 2 aromatic carbocycles. The van der Waals surface area contributed by atoms with Crippen LogP contribution in [0, 0.1) is 6.92 Å². The molecule has 1 aliphatic rings. The number of aromatic nitrogens is 2. The Bertz CT molecular complexity index is 1380. The second-order valence-corrected chi connectivity index (χ2v) is 9.90. The van der Waals surface area contributed by atoms with Gasteiger partial charge in [0.25, 0.3) is 11.5 Å². The normalized spacial score (nSPS) is 15.4. The summed E-state index contributed by atoms with van der Waals surface area (Å²) >= 11 is 2.83. The molecular weight excluding hydrogens is 464 g/mol. The van der Waals surface area contributed by atoms with Crippen LogP contribution in [0.15, 0.2) is 93.2 Å². The van der Waals surface area contributed by atoms with Gasteiger partial charge in [-0.1, -0.05) is 78.0 Å². The Balaban J connectivity index is 1.37. The van der Waals surface area contributed by atoms with Gasteiger partial charge in [0.15, 0.2) is 5.16 Å². The molecular formula is C26H22N4O2S2. The number of hydrogen-bond donors (Lipinski definition) is 1. The Labute approximate surface area is 205 Å². The van der Waals surface area contributed by atoms with E-state index in [-0.39, 0.29) is 23.3 Å². The number of thioether (sulfide) groups is 1. The maximum atomic E-state index is 13.3. The van der Waals surface area contributed by atoms with E-state index in [9.17, 15) is 9.59 Å². The van der Waals surface area contributed by atoms with Gasteiger partial charge in [-0.3, -0.25) is 9.59 Å². The molecule has 1 amide bonds. The number of nitrogens with one attached hydrogen (secondary N) is 1. The van der Waals surface area contributed by atoms with Crippen LogP contribution in [0.2, 0.25) is 0 Å². The van der Waals surface area contributed by atoms with Gasteiger partial charge in [0.2, 0.25) is 0 Å². The van der Waals surface area contributed by atoms with Gasteiger partial charge in [-0.2, -0.15) is 5.10 Å². The fourth-order valence-corrected chi connectivity index (χ4v) is 5.29. The van der Waals surface area contributed by atoms with E-state index >= 15 is 0 Å². The summed E-state index contributed by atoms with van der Waals surface area (Å²) in [6.45, 7) is 2.04. The number of aromatic amines is 1. The topological polar surface area (TPSA) is 78.4 Å². The van der Waals surface area contributed by atoms with Gasteiger partial charge in [0.1, 0.15) is 0 Å². The van der Waals surface area contributed by atoms with Gasteiger partial charge in [0, 0.05) is 18.1 Å². The van der Waals surface area contributed by atoms with E-state index in [1.807, 2.05) is 54.8 Å². The zero-order valence-corrected chi connectivity index (χ0v) is 20.1. The Morgan fingerprint density at radius 3 is 2.65 bits per heavy atom. The Morgan fingerprint density at radius 2 is 1.91 bits per heavy atom. The van der Waals surface area contributed by atoms with Crippen molar-refractivity contribution in [1.82, 2.24) is 15.0 Å². The number of hydrazone groups is 1. The minimum atomic E-state index is -0.250. The highest BCUT2D eigenvalue weighted by Crippen LogP contribution is 2.34. The number of rotatable bonds is 6. The molecule has 0 radical (unpaired) electrons. The summed E-state index contributed by atoms with van der Waals surface area (Å²) in [5, 5.41) is 8.73. The van der Waals surface area contributed by atoms with Crippen LogP contribution < -0.4 is 5.56 Å². The van der Waals surface area contributed by atoms with Crippen molar-refractivity contribution in [2.45, 2.75) is 24.5 Å².